The highest BCUT2D eigenvalue weighted by molar-refractivity contribution is 5.73. The highest BCUT2D eigenvalue weighted by atomic mass is 19.1. The number of ether oxygens (including phenoxy) is 2. The van der Waals surface area contributed by atoms with E-state index in [1.54, 1.807) is 6.07 Å². The molecule has 0 aliphatic heterocycles. The smallest absolute Gasteiger partial charge is 0.381 e. The molecular weight excluding hydrogens is 232 g/mol. The van der Waals surface area contributed by atoms with Gasteiger partial charge in [-0.25, -0.2) is 9.18 Å². The number of hydrogen-bond acceptors (Lipinski definition) is 4. The Morgan fingerprint density at radius 2 is 2.29 bits per heavy atom. The summed E-state index contributed by atoms with van der Waals surface area (Å²) in [5.74, 6) is -2.22. The lowest BCUT2D eigenvalue weighted by Crippen LogP contribution is -2.24. The third kappa shape index (κ3) is 3.41. The highest BCUT2D eigenvalue weighted by Crippen LogP contribution is 2.18. The highest BCUT2D eigenvalue weighted by Gasteiger charge is 2.20. The van der Waals surface area contributed by atoms with Crippen molar-refractivity contribution in [3.8, 4) is 11.8 Å². The van der Waals surface area contributed by atoms with Crippen molar-refractivity contribution < 1.29 is 23.0 Å². The van der Waals surface area contributed by atoms with Crippen LogP contribution in [-0.4, -0.2) is 18.9 Å². The quantitative estimate of drug-likeness (QED) is 0.756. The van der Waals surface area contributed by atoms with E-state index < -0.39 is 18.1 Å². The number of esters is 1. The first-order chi connectivity index (χ1) is 8.08. The zero-order chi connectivity index (χ0) is 12.8. The lowest BCUT2D eigenvalue weighted by atomic mass is 10.2. The number of carbonyl (C=O) groups excluding carboxylic acids is 1. The maximum absolute atomic E-state index is 13.1. The molecule has 0 saturated carbocycles. The molecule has 0 aliphatic carbocycles. The Labute approximate surface area is 96.4 Å². The molecule has 0 radical (unpaired) electrons. The van der Waals surface area contributed by atoms with Crippen molar-refractivity contribution in [1.29, 1.82) is 5.26 Å². The van der Waals surface area contributed by atoms with Crippen LogP contribution in [-0.2, 0) is 9.53 Å². The van der Waals surface area contributed by atoms with Crippen molar-refractivity contribution in [2.45, 2.75) is 13.3 Å². The van der Waals surface area contributed by atoms with Gasteiger partial charge in [-0.05, 0) is 19.1 Å². The van der Waals surface area contributed by atoms with Gasteiger partial charge in [0.2, 0.25) is 0 Å². The summed E-state index contributed by atoms with van der Waals surface area (Å²) in [6.07, 6.45) is -2.32. The number of carbonyl (C=O) groups is 1. The maximum atomic E-state index is 13.1. The summed E-state index contributed by atoms with van der Waals surface area (Å²) in [6, 6.07) is 4.74. The Bertz CT molecular complexity index is 457. The molecule has 0 heterocycles. The first-order valence-corrected chi connectivity index (χ1v) is 4.75. The lowest BCUT2D eigenvalue weighted by Gasteiger charge is -2.10. The fourth-order valence-electron chi connectivity index (χ4n) is 1.04. The summed E-state index contributed by atoms with van der Waals surface area (Å²) in [5.41, 5.74) is -0.191. The van der Waals surface area contributed by atoms with Crippen LogP contribution in [0.1, 0.15) is 12.5 Å². The topological polar surface area (TPSA) is 59.3 Å². The molecule has 0 spiro atoms. The fourth-order valence-corrected chi connectivity index (χ4v) is 1.04. The largest absolute Gasteiger partial charge is 0.461 e. The summed E-state index contributed by atoms with van der Waals surface area (Å²) in [5, 5.41) is 8.47. The molecule has 1 aromatic carbocycles. The standard InChI is InChI=1S/C11H9F2NO3/c1-2-16-11(15)10(13)17-8-4-3-7(6-14)9(12)5-8/h3-5,10H,2H2,1H3. The molecule has 0 bridgehead atoms. The first kappa shape index (κ1) is 12.9. The van der Waals surface area contributed by atoms with Crippen molar-refractivity contribution in [1.82, 2.24) is 0 Å². The van der Waals surface area contributed by atoms with Crippen LogP contribution in [0.25, 0.3) is 0 Å². The van der Waals surface area contributed by atoms with Crippen molar-refractivity contribution in [2.24, 2.45) is 0 Å². The van der Waals surface area contributed by atoms with Crippen molar-refractivity contribution in [2.75, 3.05) is 6.61 Å². The van der Waals surface area contributed by atoms with Crippen LogP contribution in [0.2, 0.25) is 0 Å². The van der Waals surface area contributed by atoms with Crippen LogP contribution in [0.3, 0.4) is 0 Å². The van der Waals surface area contributed by atoms with E-state index in [4.69, 9.17) is 5.26 Å². The average Bonchev–Trinajstić information content (AvgIpc) is 2.29. The van der Waals surface area contributed by atoms with Gasteiger partial charge in [0.05, 0.1) is 12.2 Å². The van der Waals surface area contributed by atoms with Crippen LogP contribution in [0.4, 0.5) is 8.78 Å². The second-order valence-corrected chi connectivity index (χ2v) is 2.94. The summed E-state index contributed by atoms with van der Waals surface area (Å²) in [4.78, 5) is 10.9. The predicted molar refractivity (Wildman–Crippen MR) is 53.3 cm³/mol. The van der Waals surface area contributed by atoms with E-state index in [9.17, 15) is 13.6 Å². The minimum Gasteiger partial charge on any atom is -0.461 e. The summed E-state index contributed by atoms with van der Waals surface area (Å²) >= 11 is 0. The first-order valence-electron chi connectivity index (χ1n) is 4.75. The molecule has 0 aromatic heterocycles. The number of halogens is 2. The summed E-state index contributed by atoms with van der Waals surface area (Å²) in [7, 11) is 0. The minimum absolute atomic E-state index is 0.0182. The summed E-state index contributed by atoms with van der Waals surface area (Å²) < 4.78 is 35.1. The molecule has 0 aliphatic rings. The molecule has 0 saturated heterocycles. The maximum Gasteiger partial charge on any atom is 0.381 e. The van der Waals surface area contributed by atoms with Crippen LogP contribution in [0.5, 0.6) is 5.75 Å². The molecule has 90 valence electrons. The Morgan fingerprint density at radius 1 is 1.59 bits per heavy atom. The molecule has 17 heavy (non-hydrogen) atoms. The number of hydrogen-bond donors (Lipinski definition) is 0. The van der Waals surface area contributed by atoms with E-state index in [-0.39, 0.29) is 17.9 Å². The molecule has 0 amide bonds. The van der Waals surface area contributed by atoms with Gasteiger partial charge in [0.15, 0.2) is 0 Å². The number of nitriles is 1. The number of nitrogens with zero attached hydrogens (tertiary/aromatic N) is 1. The van der Waals surface area contributed by atoms with E-state index in [1.165, 1.54) is 13.0 Å². The third-order valence-electron chi connectivity index (χ3n) is 1.77. The fraction of sp³-hybridized carbons (Fsp3) is 0.273. The monoisotopic (exact) mass is 241 g/mol. The van der Waals surface area contributed by atoms with Gasteiger partial charge in [-0.15, -0.1) is 0 Å². The lowest BCUT2D eigenvalue weighted by molar-refractivity contribution is -0.159. The third-order valence-corrected chi connectivity index (χ3v) is 1.77. The molecule has 1 atom stereocenters. The number of rotatable bonds is 4. The van der Waals surface area contributed by atoms with Crippen molar-refractivity contribution >= 4 is 5.97 Å². The number of alkyl halides is 1. The van der Waals surface area contributed by atoms with Gasteiger partial charge >= 0.3 is 12.3 Å². The molecule has 0 N–H and O–H groups in total. The number of benzene rings is 1. The van der Waals surface area contributed by atoms with Gasteiger partial charge in [0.25, 0.3) is 0 Å². The zero-order valence-corrected chi connectivity index (χ0v) is 8.94. The normalized spacial score (nSPS) is 11.4. The molecule has 1 aromatic rings. The van der Waals surface area contributed by atoms with Gasteiger partial charge in [-0.1, -0.05) is 0 Å². The van der Waals surface area contributed by atoms with Crippen LogP contribution >= 0.6 is 0 Å². The van der Waals surface area contributed by atoms with E-state index in [2.05, 4.69) is 9.47 Å². The second-order valence-electron chi connectivity index (χ2n) is 2.94. The molecular formula is C11H9F2NO3. The summed E-state index contributed by atoms with van der Waals surface area (Å²) in [6.45, 7) is 1.54. The van der Waals surface area contributed by atoms with Crippen LogP contribution in [0, 0.1) is 17.1 Å². The van der Waals surface area contributed by atoms with Gasteiger partial charge in [0, 0.05) is 6.07 Å². The Morgan fingerprint density at radius 3 is 2.82 bits per heavy atom. The van der Waals surface area contributed by atoms with E-state index >= 15 is 0 Å². The van der Waals surface area contributed by atoms with Crippen LogP contribution in [0.15, 0.2) is 18.2 Å². The van der Waals surface area contributed by atoms with Crippen molar-refractivity contribution in [3.63, 3.8) is 0 Å². The molecule has 4 nitrogen and oxygen atoms in total. The van der Waals surface area contributed by atoms with Gasteiger partial charge in [-0.2, -0.15) is 9.65 Å². The van der Waals surface area contributed by atoms with E-state index in [1.807, 2.05) is 0 Å². The Kier molecular flexibility index (Phi) is 4.40. The minimum atomic E-state index is -2.32. The van der Waals surface area contributed by atoms with Gasteiger partial charge in [0.1, 0.15) is 17.6 Å². The van der Waals surface area contributed by atoms with Gasteiger partial charge < -0.3 is 9.47 Å². The molecule has 6 heteroatoms. The Hall–Kier alpha value is -2.16. The van der Waals surface area contributed by atoms with E-state index in [0.29, 0.717) is 0 Å². The molecule has 0 fully saturated rings. The van der Waals surface area contributed by atoms with Crippen LogP contribution < -0.4 is 4.74 Å². The molecule has 1 unspecified atom stereocenters. The zero-order valence-electron chi connectivity index (χ0n) is 8.94. The Balaban J connectivity index is 2.73. The predicted octanol–water partition coefficient (Wildman–Crippen LogP) is 1.93. The van der Waals surface area contributed by atoms with E-state index in [0.717, 1.165) is 12.1 Å². The second kappa shape index (κ2) is 5.80. The van der Waals surface area contributed by atoms with Crippen molar-refractivity contribution in [3.05, 3.63) is 29.6 Å². The average molecular weight is 241 g/mol. The SMILES string of the molecule is CCOC(=O)C(F)Oc1ccc(C#N)c(F)c1. The van der Waals surface area contributed by atoms with Gasteiger partial charge in [-0.3, -0.25) is 0 Å². The molecule has 1 rings (SSSR count).